The topological polar surface area (TPSA) is 42.6 Å². The van der Waals surface area contributed by atoms with Gasteiger partial charge in [-0.1, -0.05) is 68.3 Å². The zero-order chi connectivity index (χ0) is 18.6. The van der Waals surface area contributed by atoms with Crippen LogP contribution in [0.4, 0.5) is 0 Å². The number of para-hydroxylation sites is 1. The van der Waals surface area contributed by atoms with Gasteiger partial charge in [0.15, 0.2) is 5.76 Å². The molecule has 2 atom stereocenters. The summed E-state index contributed by atoms with van der Waals surface area (Å²) in [5, 5.41) is 0.964. The molecule has 1 aromatic heterocycles. The van der Waals surface area contributed by atoms with Crippen LogP contribution in [0.3, 0.4) is 0 Å². The molecule has 0 amide bonds. The summed E-state index contributed by atoms with van der Waals surface area (Å²) >= 11 is 0. The SMILES string of the molecule is CCCCCC1=NC(C(=O)c2cc3ccccc3o2)CC1c1ccccc1. The van der Waals surface area contributed by atoms with E-state index >= 15 is 0 Å². The highest BCUT2D eigenvalue weighted by atomic mass is 16.3. The molecule has 138 valence electrons. The van der Waals surface area contributed by atoms with Crippen LogP contribution in [0.25, 0.3) is 11.0 Å². The molecule has 3 aromatic rings. The quantitative estimate of drug-likeness (QED) is 0.373. The van der Waals surface area contributed by atoms with Gasteiger partial charge in [0.05, 0.1) is 0 Å². The summed E-state index contributed by atoms with van der Waals surface area (Å²) in [6.07, 6.45) is 5.22. The molecule has 0 bridgehead atoms. The zero-order valence-electron chi connectivity index (χ0n) is 15.7. The maximum atomic E-state index is 13.1. The van der Waals surface area contributed by atoms with Gasteiger partial charge in [-0.15, -0.1) is 0 Å². The number of furan rings is 1. The van der Waals surface area contributed by atoms with E-state index in [-0.39, 0.29) is 17.7 Å². The highest BCUT2D eigenvalue weighted by Gasteiger charge is 2.34. The molecule has 3 heteroatoms. The molecule has 0 spiro atoms. The van der Waals surface area contributed by atoms with Crippen molar-refractivity contribution >= 4 is 22.5 Å². The monoisotopic (exact) mass is 359 g/mol. The summed E-state index contributed by atoms with van der Waals surface area (Å²) in [5.74, 6) is 0.658. The second-order valence-corrected chi connectivity index (χ2v) is 7.31. The van der Waals surface area contributed by atoms with E-state index in [2.05, 4.69) is 31.2 Å². The van der Waals surface area contributed by atoms with Crippen LogP contribution in [0.1, 0.15) is 61.1 Å². The first kappa shape index (κ1) is 17.7. The number of hydrogen-bond acceptors (Lipinski definition) is 3. The van der Waals surface area contributed by atoms with Crippen LogP contribution in [-0.2, 0) is 0 Å². The molecular formula is C24H25NO2. The Labute approximate surface area is 160 Å². The van der Waals surface area contributed by atoms with Crippen molar-refractivity contribution in [3.8, 4) is 0 Å². The number of rotatable bonds is 7. The van der Waals surface area contributed by atoms with Gasteiger partial charge in [-0.05, 0) is 37.0 Å². The van der Waals surface area contributed by atoms with E-state index in [4.69, 9.17) is 9.41 Å². The maximum absolute atomic E-state index is 13.1. The Morgan fingerprint density at radius 1 is 1.07 bits per heavy atom. The minimum absolute atomic E-state index is 0.00220. The first-order chi connectivity index (χ1) is 13.3. The van der Waals surface area contributed by atoms with Crippen molar-refractivity contribution in [3.63, 3.8) is 0 Å². The predicted octanol–water partition coefficient (Wildman–Crippen LogP) is 6.19. The van der Waals surface area contributed by atoms with E-state index in [1.54, 1.807) is 0 Å². The number of carbonyl (C=O) groups is 1. The minimum Gasteiger partial charge on any atom is -0.453 e. The lowest BCUT2D eigenvalue weighted by Crippen LogP contribution is -2.16. The Morgan fingerprint density at radius 3 is 2.63 bits per heavy atom. The molecule has 2 unspecified atom stereocenters. The molecular weight excluding hydrogens is 334 g/mol. The van der Waals surface area contributed by atoms with Gasteiger partial charge in [0.1, 0.15) is 11.6 Å². The Bertz CT molecular complexity index is 922. The van der Waals surface area contributed by atoms with Gasteiger partial charge in [-0.3, -0.25) is 9.79 Å². The van der Waals surface area contributed by atoms with Gasteiger partial charge in [-0.25, -0.2) is 0 Å². The Kier molecular flexibility index (Phi) is 5.19. The predicted molar refractivity (Wildman–Crippen MR) is 110 cm³/mol. The number of aliphatic imine (C=N–C) groups is 1. The largest absolute Gasteiger partial charge is 0.453 e. The second-order valence-electron chi connectivity index (χ2n) is 7.31. The number of unbranched alkanes of at least 4 members (excludes halogenated alkanes) is 2. The van der Waals surface area contributed by atoms with Crippen LogP contribution < -0.4 is 0 Å². The molecule has 0 N–H and O–H groups in total. The second kappa shape index (κ2) is 7.91. The summed E-state index contributed by atoms with van der Waals surface area (Å²) in [6.45, 7) is 2.21. The van der Waals surface area contributed by atoms with Crippen LogP contribution in [-0.4, -0.2) is 17.5 Å². The van der Waals surface area contributed by atoms with E-state index in [1.165, 1.54) is 24.1 Å². The van der Waals surface area contributed by atoms with E-state index < -0.39 is 0 Å². The molecule has 1 aliphatic rings. The number of benzene rings is 2. The van der Waals surface area contributed by atoms with Crippen molar-refractivity contribution in [2.75, 3.05) is 0 Å². The first-order valence-corrected chi connectivity index (χ1v) is 9.90. The normalized spacial score (nSPS) is 19.4. The summed E-state index contributed by atoms with van der Waals surface area (Å²) in [6, 6.07) is 19.7. The summed E-state index contributed by atoms with van der Waals surface area (Å²) in [7, 11) is 0. The van der Waals surface area contributed by atoms with Gasteiger partial charge in [0, 0.05) is 17.0 Å². The Hall–Kier alpha value is -2.68. The summed E-state index contributed by atoms with van der Waals surface area (Å²) < 4.78 is 5.80. The molecule has 0 fully saturated rings. The number of fused-ring (bicyclic) bond motifs is 1. The summed E-state index contributed by atoms with van der Waals surface area (Å²) in [4.78, 5) is 17.9. The van der Waals surface area contributed by atoms with Gasteiger partial charge < -0.3 is 4.42 Å². The van der Waals surface area contributed by atoms with Crippen molar-refractivity contribution in [2.24, 2.45) is 4.99 Å². The van der Waals surface area contributed by atoms with E-state index in [1.807, 2.05) is 36.4 Å². The van der Waals surface area contributed by atoms with Crippen molar-refractivity contribution in [3.05, 3.63) is 72.0 Å². The molecule has 0 radical (unpaired) electrons. The third-order valence-electron chi connectivity index (χ3n) is 5.39. The van der Waals surface area contributed by atoms with Crippen LogP contribution >= 0.6 is 0 Å². The highest BCUT2D eigenvalue weighted by Crippen LogP contribution is 2.34. The van der Waals surface area contributed by atoms with Crippen LogP contribution in [0, 0.1) is 0 Å². The fraction of sp³-hybridized carbons (Fsp3) is 0.333. The fourth-order valence-corrected chi connectivity index (χ4v) is 3.94. The smallest absolute Gasteiger partial charge is 0.222 e. The average molecular weight is 359 g/mol. The minimum atomic E-state index is -0.340. The third kappa shape index (κ3) is 3.73. The average Bonchev–Trinajstić information content (AvgIpc) is 3.33. The zero-order valence-corrected chi connectivity index (χ0v) is 15.7. The molecule has 0 saturated heterocycles. The Morgan fingerprint density at radius 2 is 1.85 bits per heavy atom. The van der Waals surface area contributed by atoms with E-state index in [0.29, 0.717) is 5.76 Å². The number of carbonyl (C=O) groups excluding carboxylic acids is 1. The van der Waals surface area contributed by atoms with Crippen LogP contribution in [0.15, 0.2) is 70.1 Å². The molecule has 3 nitrogen and oxygen atoms in total. The van der Waals surface area contributed by atoms with Crippen molar-refractivity contribution < 1.29 is 9.21 Å². The maximum Gasteiger partial charge on any atom is 0.222 e. The summed E-state index contributed by atoms with van der Waals surface area (Å²) in [5.41, 5.74) is 3.18. The van der Waals surface area contributed by atoms with Crippen LogP contribution in [0.5, 0.6) is 0 Å². The molecule has 2 aromatic carbocycles. The first-order valence-electron chi connectivity index (χ1n) is 9.90. The van der Waals surface area contributed by atoms with E-state index in [0.717, 1.165) is 30.2 Å². The molecule has 0 saturated carbocycles. The Balaban J connectivity index is 1.59. The number of Topliss-reactive ketones (excluding diaryl/α,β-unsaturated/α-hetero) is 1. The third-order valence-corrected chi connectivity index (χ3v) is 5.39. The molecule has 0 aliphatic carbocycles. The number of hydrogen-bond donors (Lipinski definition) is 0. The van der Waals surface area contributed by atoms with Crippen molar-refractivity contribution in [1.82, 2.24) is 0 Å². The van der Waals surface area contributed by atoms with Gasteiger partial charge in [-0.2, -0.15) is 0 Å². The lowest BCUT2D eigenvalue weighted by molar-refractivity contribution is 0.0936. The van der Waals surface area contributed by atoms with Crippen molar-refractivity contribution in [2.45, 2.75) is 51.0 Å². The standard InChI is InChI=1S/C24H25NO2/c1-2-3-5-13-20-19(17-10-6-4-7-11-17)16-21(25-20)24(26)23-15-18-12-8-9-14-22(18)27-23/h4,6-12,14-15,19,21H,2-3,5,13,16H2,1H3. The van der Waals surface area contributed by atoms with Gasteiger partial charge in [0.25, 0.3) is 0 Å². The van der Waals surface area contributed by atoms with Crippen LogP contribution in [0.2, 0.25) is 0 Å². The fourth-order valence-electron chi connectivity index (χ4n) is 3.94. The highest BCUT2D eigenvalue weighted by molar-refractivity contribution is 6.05. The molecule has 1 aliphatic heterocycles. The lowest BCUT2D eigenvalue weighted by Gasteiger charge is -2.13. The molecule has 27 heavy (non-hydrogen) atoms. The number of nitrogens with zero attached hydrogens (tertiary/aromatic N) is 1. The van der Waals surface area contributed by atoms with Crippen molar-refractivity contribution in [1.29, 1.82) is 0 Å². The number of ketones is 1. The molecule has 2 heterocycles. The molecule has 4 rings (SSSR count). The van der Waals surface area contributed by atoms with E-state index in [9.17, 15) is 4.79 Å². The lowest BCUT2D eigenvalue weighted by atomic mass is 9.88. The van der Waals surface area contributed by atoms with Gasteiger partial charge in [0.2, 0.25) is 5.78 Å². The van der Waals surface area contributed by atoms with Gasteiger partial charge >= 0.3 is 0 Å².